The lowest BCUT2D eigenvalue weighted by Gasteiger charge is -2.20. The van der Waals surface area contributed by atoms with Gasteiger partial charge in [-0.1, -0.05) is 24.3 Å². The minimum Gasteiger partial charge on any atom is -0.441 e. The summed E-state index contributed by atoms with van der Waals surface area (Å²) < 4.78 is 29.1. The van der Waals surface area contributed by atoms with Crippen LogP contribution in [0.5, 0.6) is 0 Å². The normalized spacial score (nSPS) is 19.3. The molecule has 0 aliphatic carbocycles. The SMILES string of the molecule is Cc1oc(-c2ccc(-c3ccc(S(C)(=O)=O)cc3)cc2)nc1CCC1(O)CCNC1. The highest BCUT2D eigenvalue weighted by Gasteiger charge is 2.31. The summed E-state index contributed by atoms with van der Waals surface area (Å²) >= 11 is 0. The van der Waals surface area contributed by atoms with Gasteiger partial charge in [-0.25, -0.2) is 13.4 Å². The second kappa shape index (κ2) is 7.98. The first-order chi connectivity index (χ1) is 14.2. The van der Waals surface area contributed by atoms with Crippen molar-refractivity contribution in [2.45, 2.75) is 36.7 Å². The number of aromatic nitrogens is 1. The van der Waals surface area contributed by atoms with Crippen LogP contribution < -0.4 is 5.32 Å². The van der Waals surface area contributed by atoms with Gasteiger partial charge in [0.2, 0.25) is 5.89 Å². The van der Waals surface area contributed by atoms with E-state index in [4.69, 9.17) is 4.42 Å². The third-order valence-corrected chi connectivity index (χ3v) is 6.82. The summed E-state index contributed by atoms with van der Waals surface area (Å²) in [6.07, 6.45) is 3.31. The lowest BCUT2D eigenvalue weighted by Crippen LogP contribution is -2.31. The molecule has 1 saturated heterocycles. The van der Waals surface area contributed by atoms with Gasteiger partial charge in [-0.3, -0.25) is 0 Å². The van der Waals surface area contributed by atoms with Crippen LogP contribution in [0.15, 0.2) is 57.8 Å². The fraction of sp³-hybridized carbons (Fsp3) is 0.348. The van der Waals surface area contributed by atoms with Gasteiger partial charge in [-0.05, 0) is 68.1 Å². The molecule has 1 unspecified atom stereocenters. The molecule has 2 aromatic carbocycles. The van der Waals surface area contributed by atoms with E-state index in [1.807, 2.05) is 31.2 Å². The third-order valence-electron chi connectivity index (χ3n) is 5.69. The van der Waals surface area contributed by atoms with Crippen molar-refractivity contribution in [2.24, 2.45) is 0 Å². The maximum Gasteiger partial charge on any atom is 0.226 e. The van der Waals surface area contributed by atoms with Crippen molar-refractivity contribution < 1.29 is 17.9 Å². The fourth-order valence-corrected chi connectivity index (χ4v) is 4.41. The lowest BCUT2D eigenvalue weighted by molar-refractivity contribution is 0.0523. The molecule has 1 fully saturated rings. The molecule has 1 aliphatic heterocycles. The van der Waals surface area contributed by atoms with Crippen molar-refractivity contribution in [2.75, 3.05) is 19.3 Å². The van der Waals surface area contributed by atoms with Gasteiger partial charge in [0.25, 0.3) is 0 Å². The van der Waals surface area contributed by atoms with Crippen LogP contribution in [0.1, 0.15) is 24.3 Å². The van der Waals surface area contributed by atoms with Crippen LogP contribution >= 0.6 is 0 Å². The highest BCUT2D eigenvalue weighted by Crippen LogP contribution is 2.28. The van der Waals surface area contributed by atoms with Crippen LogP contribution in [0.3, 0.4) is 0 Å². The third kappa shape index (κ3) is 4.48. The number of aliphatic hydroxyl groups is 1. The molecule has 0 amide bonds. The molecule has 2 N–H and O–H groups in total. The zero-order valence-corrected chi connectivity index (χ0v) is 18.0. The molecule has 0 bridgehead atoms. The smallest absolute Gasteiger partial charge is 0.226 e. The Morgan fingerprint density at radius 2 is 1.67 bits per heavy atom. The summed E-state index contributed by atoms with van der Waals surface area (Å²) in [5, 5.41) is 13.7. The molecular formula is C23H26N2O4S. The molecule has 0 spiro atoms. The predicted octanol–water partition coefficient (Wildman–Crippen LogP) is 3.38. The standard InChI is InChI=1S/C23H26N2O4S/c1-16-21(11-12-23(26)13-14-24-15-23)25-22(29-16)19-5-3-17(4-6-19)18-7-9-20(10-8-18)30(2,27)28/h3-10,24,26H,11-15H2,1-2H3. The molecule has 1 aromatic heterocycles. The average molecular weight is 427 g/mol. The van der Waals surface area contributed by atoms with Crippen LogP contribution in [-0.2, 0) is 16.3 Å². The largest absolute Gasteiger partial charge is 0.441 e. The highest BCUT2D eigenvalue weighted by atomic mass is 32.2. The first-order valence-electron chi connectivity index (χ1n) is 10.0. The van der Waals surface area contributed by atoms with Crippen LogP contribution in [0.2, 0.25) is 0 Å². The maximum atomic E-state index is 11.6. The number of benzene rings is 2. The van der Waals surface area contributed by atoms with Gasteiger partial charge in [0.05, 0.1) is 16.2 Å². The highest BCUT2D eigenvalue weighted by molar-refractivity contribution is 7.90. The van der Waals surface area contributed by atoms with E-state index in [0.29, 0.717) is 30.2 Å². The van der Waals surface area contributed by atoms with Crippen molar-refractivity contribution in [1.82, 2.24) is 10.3 Å². The van der Waals surface area contributed by atoms with Gasteiger partial charge >= 0.3 is 0 Å². The predicted molar refractivity (Wildman–Crippen MR) is 116 cm³/mol. The Kier molecular flexibility index (Phi) is 5.53. The number of β-amino-alcohol motifs (C(OH)–C–C–N with tert-alkyl or cyclic N) is 1. The number of rotatable bonds is 6. The van der Waals surface area contributed by atoms with Crippen LogP contribution in [-0.4, -0.2) is 43.5 Å². The molecule has 3 aromatic rings. The number of oxazole rings is 1. The number of nitrogens with zero attached hydrogens (tertiary/aromatic N) is 1. The van der Waals surface area contributed by atoms with Crippen LogP contribution in [0.25, 0.3) is 22.6 Å². The molecule has 7 heteroatoms. The maximum absolute atomic E-state index is 11.6. The van der Waals surface area contributed by atoms with Gasteiger partial charge in [0.15, 0.2) is 9.84 Å². The minimum absolute atomic E-state index is 0.309. The van der Waals surface area contributed by atoms with Gasteiger partial charge in [-0.2, -0.15) is 0 Å². The van der Waals surface area contributed by atoms with Crippen LogP contribution in [0, 0.1) is 6.92 Å². The first kappa shape index (κ1) is 20.8. The van der Waals surface area contributed by atoms with E-state index < -0.39 is 15.4 Å². The molecule has 30 heavy (non-hydrogen) atoms. The minimum atomic E-state index is -3.20. The summed E-state index contributed by atoms with van der Waals surface area (Å²) in [6, 6.07) is 14.7. The second-order valence-corrected chi connectivity index (χ2v) is 10.1. The van der Waals surface area contributed by atoms with Gasteiger partial charge < -0.3 is 14.8 Å². The Morgan fingerprint density at radius 1 is 1.07 bits per heavy atom. The quantitative estimate of drug-likeness (QED) is 0.628. The van der Waals surface area contributed by atoms with Crippen molar-refractivity contribution in [3.05, 3.63) is 60.0 Å². The Balaban J connectivity index is 1.49. The number of hydrogen-bond donors (Lipinski definition) is 2. The topological polar surface area (TPSA) is 92.4 Å². The second-order valence-electron chi connectivity index (χ2n) is 8.05. The first-order valence-corrected chi connectivity index (χ1v) is 11.9. The summed E-state index contributed by atoms with van der Waals surface area (Å²) in [5.74, 6) is 1.35. The van der Waals surface area contributed by atoms with E-state index in [-0.39, 0.29) is 0 Å². The van der Waals surface area contributed by atoms with Crippen molar-refractivity contribution in [1.29, 1.82) is 0 Å². The van der Waals surface area contributed by atoms with Gasteiger partial charge in [-0.15, -0.1) is 0 Å². The van der Waals surface area contributed by atoms with E-state index in [0.717, 1.165) is 41.1 Å². The average Bonchev–Trinajstić information content (AvgIpc) is 3.32. The van der Waals surface area contributed by atoms with E-state index in [1.165, 1.54) is 6.26 Å². The summed E-state index contributed by atoms with van der Waals surface area (Å²) in [7, 11) is -3.20. The summed E-state index contributed by atoms with van der Waals surface area (Å²) in [6.45, 7) is 3.38. The zero-order valence-electron chi connectivity index (χ0n) is 17.2. The molecule has 1 atom stereocenters. The van der Waals surface area contributed by atoms with E-state index in [1.54, 1.807) is 24.3 Å². The number of hydrogen-bond acceptors (Lipinski definition) is 6. The Bertz CT molecular complexity index is 1130. The van der Waals surface area contributed by atoms with Crippen molar-refractivity contribution >= 4 is 9.84 Å². The molecular weight excluding hydrogens is 400 g/mol. The lowest BCUT2D eigenvalue weighted by atomic mass is 9.96. The number of aryl methyl sites for hydroxylation is 2. The fourth-order valence-electron chi connectivity index (χ4n) is 3.78. The molecule has 0 radical (unpaired) electrons. The van der Waals surface area contributed by atoms with E-state index >= 15 is 0 Å². The number of sulfone groups is 1. The molecule has 1 aliphatic rings. The molecule has 158 valence electrons. The summed E-state index contributed by atoms with van der Waals surface area (Å²) in [5.41, 5.74) is 3.03. The van der Waals surface area contributed by atoms with E-state index in [2.05, 4.69) is 10.3 Å². The Hall–Kier alpha value is -2.48. The molecule has 4 rings (SSSR count). The van der Waals surface area contributed by atoms with Gasteiger partial charge in [0, 0.05) is 18.4 Å². The van der Waals surface area contributed by atoms with Gasteiger partial charge in [0.1, 0.15) is 5.76 Å². The number of nitrogens with one attached hydrogen (secondary N) is 1. The van der Waals surface area contributed by atoms with Crippen molar-refractivity contribution in [3.8, 4) is 22.6 Å². The summed E-state index contributed by atoms with van der Waals surface area (Å²) in [4.78, 5) is 4.96. The molecule has 2 heterocycles. The zero-order chi connectivity index (χ0) is 21.4. The van der Waals surface area contributed by atoms with E-state index in [9.17, 15) is 13.5 Å². The Labute approximate surface area is 176 Å². The molecule has 6 nitrogen and oxygen atoms in total. The Morgan fingerprint density at radius 3 is 2.23 bits per heavy atom. The molecule has 0 saturated carbocycles. The monoisotopic (exact) mass is 426 g/mol. The van der Waals surface area contributed by atoms with Crippen molar-refractivity contribution in [3.63, 3.8) is 0 Å². The van der Waals surface area contributed by atoms with Crippen LogP contribution in [0.4, 0.5) is 0 Å².